The molecule has 0 amide bonds. The molecule has 4 nitrogen and oxygen atoms in total. The number of rotatable bonds is 7. The van der Waals surface area contributed by atoms with Crippen molar-refractivity contribution in [1.29, 1.82) is 0 Å². The molecule has 0 fully saturated rings. The highest BCUT2D eigenvalue weighted by molar-refractivity contribution is 7.10. The lowest BCUT2D eigenvalue weighted by Gasteiger charge is -2.19. The van der Waals surface area contributed by atoms with Crippen LogP contribution < -0.4 is 14.8 Å². The average molecular weight is 306 g/mol. The summed E-state index contributed by atoms with van der Waals surface area (Å²) in [6, 6.07) is 4.10. The van der Waals surface area contributed by atoms with Gasteiger partial charge in [-0.25, -0.2) is 0 Å². The van der Waals surface area contributed by atoms with Crippen molar-refractivity contribution in [2.45, 2.75) is 32.9 Å². The van der Waals surface area contributed by atoms with Crippen molar-refractivity contribution >= 4 is 11.3 Å². The summed E-state index contributed by atoms with van der Waals surface area (Å²) in [7, 11) is 1.70. The zero-order valence-corrected chi connectivity index (χ0v) is 13.7. The molecule has 5 heteroatoms. The standard InChI is InChI=1S/C16H22N2O2S/c1-5-18-15(16-14(19-4)6-7-21-16)12-8-13(10-17-9-12)20-11(2)3/h6-11,15,18H,5H2,1-4H3. The number of aromatic nitrogens is 1. The van der Waals surface area contributed by atoms with E-state index in [-0.39, 0.29) is 12.1 Å². The van der Waals surface area contributed by atoms with E-state index in [9.17, 15) is 0 Å². The molecule has 0 aliphatic rings. The van der Waals surface area contributed by atoms with Crippen molar-refractivity contribution < 1.29 is 9.47 Å². The van der Waals surface area contributed by atoms with Gasteiger partial charge in [-0.15, -0.1) is 11.3 Å². The van der Waals surface area contributed by atoms with E-state index in [1.165, 1.54) is 0 Å². The summed E-state index contributed by atoms with van der Waals surface area (Å²) in [4.78, 5) is 5.46. The summed E-state index contributed by atoms with van der Waals surface area (Å²) in [6.07, 6.45) is 3.76. The predicted molar refractivity (Wildman–Crippen MR) is 86.4 cm³/mol. The molecule has 2 aromatic rings. The first-order valence-electron chi connectivity index (χ1n) is 7.12. The molecule has 21 heavy (non-hydrogen) atoms. The van der Waals surface area contributed by atoms with Crippen molar-refractivity contribution in [2.75, 3.05) is 13.7 Å². The third-order valence-corrected chi connectivity index (χ3v) is 3.95. The molecule has 114 valence electrons. The molecule has 0 aliphatic heterocycles. The number of pyridine rings is 1. The van der Waals surface area contributed by atoms with E-state index >= 15 is 0 Å². The summed E-state index contributed by atoms with van der Waals surface area (Å²) in [5.74, 6) is 1.70. The molecule has 0 radical (unpaired) electrons. The van der Waals surface area contributed by atoms with Crippen molar-refractivity contribution in [3.05, 3.63) is 40.3 Å². The van der Waals surface area contributed by atoms with Crippen LogP contribution in [0, 0.1) is 0 Å². The quantitative estimate of drug-likeness (QED) is 0.848. The molecule has 1 atom stereocenters. The van der Waals surface area contributed by atoms with Gasteiger partial charge in [-0.3, -0.25) is 4.98 Å². The van der Waals surface area contributed by atoms with Crippen molar-refractivity contribution in [3.63, 3.8) is 0 Å². The highest BCUT2D eigenvalue weighted by Gasteiger charge is 2.20. The van der Waals surface area contributed by atoms with Gasteiger partial charge in [-0.1, -0.05) is 6.92 Å². The molecule has 1 N–H and O–H groups in total. The predicted octanol–water partition coefficient (Wildman–Crippen LogP) is 3.64. The topological polar surface area (TPSA) is 43.4 Å². The molecular formula is C16H22N2O2S. The van der Waals surface area contributed by atoms with Gasteiger partial charge in [-0.05, 0) is 43.5 Å². The third kappa shape index (κ3) is 3.95. The molecule has 0 bridgehead atoms. The summed E-state index contributed by atoms with van der Waals surface area (Å²) in [5, 5.41) is 5.53. The van der Waals surface area contributed by atoms with Crippen LogP contribution in [-0.2, 0) is 0 Å². The van der Waals surface area contributed by atoms with E-state index in [4.69, 9.17) is 9.47 Å². The second-order valence-corrected chi connectivity index (χ2v) is 5.91. The van der Waals surface area contributed by atoms with Crippen LogP contribution in [0.3, 0.4) is 0 Å². The average Bonchev–Trinajstić information content (AvgIpc) is 2.92. The van der Waals surface area contributed by atoms with Crippen LogP contribution in [0.4, 0.5) is 0 Å². The largest absolute Gasteiger partial charge is 0.496 e. The minimum absolute atomic E-state index is 0.0631. The first-order valence-corrected chi connectivity index (χ1v) is 8.00. The fourth-order valence-electron chi connectivity index (χ4n) is 2.18. The molecule has 0 aromatic carbocycles. The number of ether oxygens (including phenoxy) is 2. The molecular weight excluding hydrogens is 284 g/mol. The second kappa shape index (κ2) is 7.43. The monoisotopic (exact) mass is 306 g/mol. The summed E-state index contributed by atoms with van der Waals surface area (Å²) in [6.45, 7) is 6.98. The fraction of sp³-hybridized carbons (Fsp3) is 0.438. The maximum Gasteiger partial charge on any atom is 0.138 e. The van der Waals surface area contributed by atoms with E-state index in [1.807, 2.05) is 37.6 Å². The zero-order valence-electron chi connectivity index (χ0n) is 12.9. The van der Waals surface area contributed by atoms with Gasteiger partial charge in [0.25, 0.3) is 0 Å². The lowest BCUT2D eigenvalue weighted by Crippen LogP contribution is -2.22. The Morgan fingerprint density at radius 1 is 1.33 bits per heavy atom. The van der Waals surface area contributed by atoms with Crippen LogP contribution in [0.2, 0.25) is 0 Å². The Morgan fingerprint density at radius 2 is 2.14 bits per heavy atom. The van der Waals surface area contributed by atoms with Gasteiger partial charge >= 0.3 is 0 Å². The summed E-state index contributed by atoms with van der Waals surface area (Å²) in [5.41, 5.74) is 1.08. The lowest BCUT2D eigenvalue weighted by molar-refractivity contribution is 0.241. The first kappa shape index (κ1) is 15.8. The second-order valence-electron chi connectivity index (χ2n) is 4.96. The Balaban J connectivity index is 2.34. The van der Waals surface area contributed by atoms with Crippen molar-refractivity contribution in [2.24, 2.45) is 0 Å². The summed E-state index contributed by atoms with van der Waals surface area (Å²) < 4.78 is 11.2. The van der Waals surface area contributed by atoms with Gasteiger partial charge in [-0.2, -0.15) is 0 Å². The third-order valence-electron chi connectivity index (χ3n) is 2.99. The van der Waals surface area contributed by atoms with Crippen molar-refractivity contribution in [3.8, 4) is 11.5 Å². The zero-order chi connectivity index (χ0) is 15.2. The molecule has 2 aromatic heterocycles. The molecule has 0 saturated carbocycles. The molecule has 0 aliphatic carbocycles. The highest BCUT2D eigenvalue weighted by atomic mass is 32.1. The van der Waals surface area contributed by atoms with E-state index in [0.29, 0.717) is 0 Å². The SMILES string of the molecule is CCNC(c1cncc(OC(C)C)c1)c1sccc1OC. The van der Waals surface area contributed by atoms with Gasteiger partial charge in [0, 0.05) is 6.20 Å². The van der Waals surface area contributed by atoms with Crippen LogP contribution in [-0.4, -0.2) is 24.7 Å². The molecule has 2 rings (SSSR count). The van der Waals surface area contributed by atoms with E-state index < -0.39 is 0 Å². The van der Waals surface area contributed by atoms with Gasteiger partial charge in [0.1, 0.15) is 11.5 Å². The Hall–Kier alpha value is -1.59. The molecule has 2 heterocycles. The van der Waals surface area contributed by atoms with E-state index in [0.717, 1.165) is 28.5 Å². The van der Waals surface area contributed by atoms with Crippen LogP contribution in [0.5, 0.6) is 11.5 Å². The highest BCUT2D eigenvalue weighted by Crippen LogP contribution is 2.35. The number of hydrogen-bond donors (Lipinski definition) is 1. The van der Waals surface area contributed by atoms with Gasteiger partial charge in [0.2, 0.25) is 0 Å². The van der Waals surface area contributed by atoms with Crippen LogP contribution in [0.1, 0.15) is 37.3 Å². The fourth-order valence-corrected chi connectivity index (χ4v) is 3.15. The normalized spacial score (nSPS) is 12.4. The van der Waals surface area contributed by atoms with Gasteiger partial charge < -0.3 is 14.8 Å². The van der Waals surface area contributed by atoms with E-state index in [2.05, 4.69) is 17.2 Å². The Kier molecular flexibility index (Phi) is 5.59. The van der Waals surface area contributed by atoms with E-state index in [1.54, 1.807) is 24.6 Å². The maximum atomic E-state index is 5.74. The Labute approximate surface area is 130 Å². The Bertz CT molecular complexity index is 569. The maximum absolute atomic E-state index is 5.74. The smallest absolute Gasteiger partial charge is 0.138 e. The minimum Gasteiger partial charge on any atom is -0.496 e. The number of hydrogen-bond acceptors (Lipinski definition) is 5. The number of nitrogens with zero attached hydrogens (tertiary/aromatic N) is 1. The Morgan fingerprint density at radius 3 is 2.81 bits per heavy atom. The van der Waals surface area contributed by atoms with Gasteiger partial charge in [0.05, 0.1) is 30.3 Å². The van der Waals surface area contributed by atoms with Crippen LogP contribution >= 0.6 is 11.3 Å². The molecule has 0 spiro atoms. The van der Waals surface area contributed by atoms with Crippen LogP contribution in [0.25, 0.3) is 0 Å². The first-order chi connectivity index (χ1) is 10.2. The molecule has 1 unspecified atom stereocenters. The minimum atomic E-state index is 0.0631. The summed E-state index contributed by atoms with van der Waals surface area (Å²) >= 11 is 1.68. The number of methoxy groups -OCH3 is 1. The lowest BCUT2D eigenvalue weighted by atomic mass is 10.1. The van der Waals surface area contributed by atoms with Crippen molar-refractivity contribution in [1.82, 2.24) is 10.3 Å². The molecule has 0 saturated heterocycles. The number of thiophene rings is 1. The van der Waals surface area contributed by atoms with Crippen LogP contribution in [0.15, 0.2) is 29.9 Å². The van der Waals surface area contributed by atoms with Gasteiger partial charge in [0.15, 0.2) is 0 Å². The number of nitrogens with one attached hydrogen (secondary N) is 1.